The second-order valence-electron chi connectivity index (χ2n) is 5.82. The molecule has 0 fully saturated rings. The van der Waals surface area contributed by atoms with E-state index in [1.165, 1.54) is 12.8 Å². The molecular weight excluding hydrogens is 210 g/mol. The van der Waals surface area contributed by atoms with Gasteiger partial charge in [-0.05, 0) is 31.6 Å². The Hall–Kier alpha value is -0.830. The number of nitrogens with two attached hydrogens (primary N) is 1. The molecule has 1 aromatic rings. The van der Waals surface area contributed by atoms with Crippen LogP contribution in [0, 0.1) is 11.8 Å². The van der Waals surface area contributed by atoms with Crippen molar-refractivity contribution < 1.29 is 0 Å². The van der Waals surface area contributed by atoms with Gasteiger partial charge in [0.15, 0.2) is 0 Å². The highest BCUT2D eigenvalue weighted by molar-refractivity contribution is 5.06. The third-order valence-electron chi connectivity index (χ3n) is 3.39. The minimum absolute atomic E-state index is 0.0824. The first-order valence-electron chi connectivity index (χ1n) is 6.70. The van der Waals surface area contributed by atoms with Crippen molar-refractivity contribution in [3.63, 3.8) is 0 Å². The van der Waals surface area contributed by atoms with Crippen molar-refractivity contribution in [1.82, 2.24) is 9.55 Å². The highest BCUT2D eigenvalue weighted by atomic mass is 15.1. The summed E-state index contributed by atoms with van der Waals surface area (Å²) in [6.07, 6.45) is 6.26. The van der Waals surface area contributed by atoms with E-state index in [-0.39, 0.29) is 6.04 Å². The third kappa shape index (κ3) is 3.84. The fourth-order valence-electron chi connectivity index (χ4n) is 2.00. The zero-order chi connectivity index (χ0) is 13.0. The summed E-state index contributed by atoms with van der Waals surface area (Å²) in [6.45, 7) is 11.1. The lowest BCUT2D eigenvalue weighted by Crippen LogP contribution is -2.21. The van der Waals surface area contributed by atoms with Crippen LogP contribution in [-0.2, 0) is 0 Å². The van der Waals surface area contributed by atoms with Gasteiger partial charge in [0.2, 0.25) is 0 Å². The molecule has 0 saturated carbocycles. The van der Waals surface area contributed by atoms with Gasteiger partial charge in [-0.15, -0.1) is 0 Å². The van der Waals surface area contributed by atoms with E-state index in [9.17, 15) is 0 Å². The van der Waals surface area contributed by atoms with Crippen LogP contribution >= 0.6 is 0 Å². The lowest BCUT2D eigenvalue weighted by molar-refractivity contribution is 0.405. The van der Waals surface area contributed by atoms with Crippen LogP contribution in [0.2, 0.25) is 0 Å². The van der Waals surface area contributed by atoms with Gasteiger partial charge in [0, 0.05) is 18.3 Å². The Morgan fingerprint density at radius 2 is 1.82 bits per heavy atom. The van der Waals surface area contributed by atoms with E-state index in [1.54, 1.807) is 0 Å². The van der Waals surface area contributed by atoms with E-state index in [0.29, 0.717) is 12.0 Å². The molecule has 0 radical (unpaired) electrons. The molecule has 1 aromatic heterocycles. The number of nitrogens with zero attached hydrogens (tertiary/aromatic N) is 2. The fourth-order valence-corrected chi connectivity index (χ4v) is 2.00. The van der Waals surface area contributed by atoms with Crippen molar-refractivity contribution in [1.29, 1.82) is 0 Å². The quantitative estimate of drug-likeness (QED) is 0.822. The second kappa shape index (κ2) is 6.20. The minimum atomic E-state index is 0.0824. The standard InChI is InChI=1S/C14H27N3/c1-10(2)6-7-12(5)17-9-16-8-13(17)14(15)11(3)4/h8-12,14H,6-7,15H2,1-5H3. The van der Waals surface area contributed by atoms with Gasteiger partial charge < -0.3 is 10.3 Å². The molecular formula is C14H27N3. The van der Waals surface area contributed by atoms with Crippen molar-refractivity contribution in [2.45, 2.75) is 59.5 Å². The van der Waals surface area contributed by atoms with Crippen LogP contribution in [0.5, 0.6) is 0 Å². The van der Waals surface area contributed by atoms with Gasteiger partial charge in [0.25, 0.3) is 0 Å². The van der Waals surface area contributed by atoms with Gasteiger partial charge in [0.1, 0.15) is 0 Å². The van der Waals surface area contributed by atoms with Crippen molar-refractivity contribution >= 4 is 0 Å². The number of aromatic nitrogens is 2. The smallest absolute Gasteiger partial charge is 0.0951 e. The Bertz CT molecular complexity index is 328. The SMILES string of the molecule is CC(C)CCC(C)n1cncc1C(N)C(C)C. The third-order valence-corrected chi connectivity index (χ3v) is 3.39. The van der Waals surface area contributed by atoms with E-state index in [0.717, 1.165) is 11.6 Å². The molecule has 0 aliphatic rings. The van der Waals surface area contributed by atoms with Gasteiger partial charge in [-0.1, -0.05) is 27.7 Å². The van der Waals surface area contributed by atoms with Crippen LogP contribution in [0.25, 0.3) is 0 Å². The molecule has 0 aliphatic carbocycles. The fraction of sp³-hybridized carbons (Fsp3) is 0.786. The molecule has 3 nitrogen and oxygen atoms in total. The Balaban J connectivity index is 2.74. The number of imidazole rings is 1. The Morgan fingerprint density at radius 1 is 1.18 bits per heavy atom. The molecule has 98 valence electrons. The van der Waals surface area contributed by atoms with E-state index in [4.69, 9.17) is 5.73 Å². The average molecular weight is 237 g/mol. The normalized spacial score (nSPS) is 15.5. The highest BCUT2D eigenvalue weighted by Gasteiger charge is 2.17. The molecule has 1 heterocycles. The van der Waals surface area contributed by atoms with Gasteiger partial charge in [-0.2, -0.15) is 0 Å². The summed E-state index contributed by atoms with van der Waals surface area (Å²) in [5, 5.41) is 0. The van der Waals surface area contributed by atoms with E-state index >= 15 is 0 Å². The van der Waals surface area contributed by atoms with Crippen LogP contribution in [0.4, 0.5) is 0 Å². The van der Waals surface area contributed by atoms with Crippen LogP contribution in [0.1, 0.15) is 65.2 Å². The van der Waals surface area contributed by atoms with Crippen molar-refractivity contribution in [2.75, 3.05) is 0 Å². The number of hydrogen-bond donors (Lipinski definition) is 1. The summed E-state index contributed by atoms with van der Waals surface area (Å²) in [7, 11) is 0. The molecule has 2 atom stereocenters. The van der Waals surface area contributed by atoms with Gasteiger partial charge in [-0.25, -0.2) is 4.98 Å². The lowest BCUT2D eigenvalue weighted by atomic mass is 10.0. The van der Waals surface area contributed by atoms with Gasteiger partial charge in [-0.3, -0.25) is 0 Å². The summed E-state index contributed by atoms with van der Waals surface area (Å²) in [5.74, 6) is 1.20. The maximum atomic E-state index is 6.22. The predicted molar refractivity (Wildman–Crippen MR) is 72.8 cm³/mol. The average Bonchev–Trinajstić information content (AvgIpc) is 2.73. The molecule has 2 unspecified atom stereocenters. The van der Waals surface area contributed by atoms with E-state index in [2.05, 4.69) is 44.2 Å². The lowest BCUT2D eigenvalue weighted by Gasteiger charge is -2.22. The predicted octanol–water partition coefficient (Wildman–Crippen LogP) is 3.54. The maximum absolute atomic E-state index is 6.22. The molecule has 1 rings (SSSR count). The van der Waals surface area contributed by atoms with Gasteiger partial charge >= 0.3 is 0 Å². The van der Waals surface area contributed by atoms with Crippen LogP contribution < -0.4 is 5.73 Å². The molecule has 0 aliphatic heterocycles. The molecule has 0 saturated heterocycles. The van der Waals surface area contributed by atoms with Crippen molar-refractivity contribution in [3.05, 3.63) is 18.2 Å². The Kier molecular flexibility index (Phi) is 5.19. The zero-order valence-electron chi connectivity index (χ0n) is 11.9. The molecule has 3 heteroatoms. The maximum Gasteiger partial charge on any atom is 0.0951 e. The van der Waals surface area contributed by atoms with Crippen LogP contribution in [-0.4, -0.2) is 9.55 Å². The molecule has 0 aromatic carbocycles. The minimum Gasteiger partial charge on any atom is -0.330 e. The number of hydrogen-bond acceptors (Lipinski definition) is 2. The summed E-state index contributed by atoms with van der Waals surface area (Å²) in [4.78, 5) is 4.26. The van der Waals surface area contributed by atoms with Crippen LogP contribution in [0.15, 0.2) is 12.5 Å². The molecule has 2 N–H and O–H groups in total. The number of rotatable bonds is 6. The topological polar surface area (TPSA) is 43.8 Å². The van der Waals surface area contributed by atoms with Gasteiger partial charge in [0.05, 0.1) is 12.0 Å². The second-order valence-corrected chi connectivity index (χ2v) is 5.82. The summed E-state index contributed by atoms with van der Waals surface area (Å²) in [5.41, 5.74) is 7.38. The van der Waals surface area contributed by atoms with Crippen molar-refractivity contribution in [2.24, 2.45) is 17.6 Å². The Labute approximate surface area is 105 Å². The zero-order valence-corrected chi connectivity index (χ0v) is 11.9. The van der Waals surface area contributed by atoms with Crippen molar-refractivity contribution in [3.8, 4) is 0 Å². The van der Waals surface area contributed by atoms with E-state index < -0.39 is 0 Å². The first-order chi connectivity index (χ1) is 7.93. The summed E-state index contributed by atoms with van der Waals surface area (Å²) < 4.78 is 2.24. The summed E-state index contributed by atoms with van der Waals surface area (Å²) >= 11 is 0. The van der Waals surface area contributed by atoms with Crippen LogP contribution in [0.3, 0.4) is 0 Å². The Morgan fingerprint density at radius 3 is 2.35 bits per heavy atom. The first kappa shape index (κ1) is 14.2. The molecule has 17 heavy (non-hydrogen) atoms. The molecule has 0 spiro atoms. The largest absolute Gasteiger partial charge is 0.330 e. The highest BCUT2D eigenvalue weighted by Crippen LogP contribution is 2.24. The first-order valence-corrected chi connectivity index (χ1v) is 6.70. The summed E-state index contributed by atoms with van der Waals surface area (Å²) in [6, 6.07) is 0.568. The monoisotopic (exact) mass is 237 g/mol. The molecule has 0 bridgehead atoms. The van der Waals surface area contributed by atoms with E-state index in [1.807, 2.05) is 12.5 Å². The molecule has 0 amide bonds.